The van der Waals surface area contributed by atoms with Gasteiger partial charge in [0.15, 0.2) is 9.84 Å². The molecule has 1 spiro atoms. The van der Waals surface area contributed by atoms with Gasteiger partial charge in [-0.1, -0.05) is 30.3 Å². The third-order valence-electron chi connectivity index (χ3n) is 7.54. The first-order valence-corrected chi connectivity index (χ1v) is 16.3. The van der Waals surface area contributed by atoms with Crippen molar-refractivity contribution in [2.75, 3.05) is 39.1 Å². The number of piperidine rings is 1. The number of sulfone groups is 1. The molecule has 0 aromatic heterocycles. The van der Waals surface area contributed by atoms with Gasteiger partial charge in [0.05, 0.1) is 22.0 Å². The van der Waals surface area contributed by atoms with Gasteiger partial charge in [0.2, 0.25) is 10.0 Å². The number of aliphatic hydroxyl groups is 1. The standard InChI is InChI=1S/C28H34N2O7S2/c1-38(32,33)26-10-7-25(8-11-26)36-20-24(31)18-29-23-17-28(37-19-23)12-14-30(15-13-28)39(34,35)27-9-6-21-4-2-3-5-22(21)16-27/h2-11,16,23-24,29,31H,12-15,17-20H2,1H3/t23?,24-/m0/s1. The van der Waals surface area contributed by atoms with E-state index in [0.29, 0.717) is 49.7 Å². The van der Waals surface area contributed by atoms with E-state index in [2.05, 4.69) is 5.32 Å². The van der Waals surface area contributed by atoms with Crippen molar-refractivity contribution in [2.45, 2.75) is 46.8 Å². The fraction of sp³-hybridized carbons (Fsp3) is 0.429. The van der Waals surface area contributed by atoms with Crippen LogP contribution in [0.15, 0.2) is 76.5 Å². The Hall–Kier alpha value is -2.54. The molecule has 0 saturated carbocycles. The molecule has 2 heterocycles. The van der Waals surface area contributed by atoms with Crippen molar-refractivity contribution in [1.82, 2.24) is 9.62 Å². The molecule has 3 aromatic carbocycles. The largest absolute Gasteiger partial charge is 0.491 e. The van der Waals surface area contributed by atoms with Crippen molar-refractivity contribution in [1.29, 1.82) is 0 Å². The van der Waals surface area contributed by atoms with Crippen molar-refractivity contribution in [3.63, 3.8) is 0 Å². The van der Waals surface area contributed by atoms with E-state index >= 15 is 0 Å². The van der Waals surface area contributed by atoms with Crippen LogP contribution in [-0.2, 0) is 24.6 Å². The summed E-state index contributed by atoms with van der Waals surface area (Å²) in [6.45, 7) is 1.67. The van der Waals surface area contributed by atoms with Crippen LogP contribution in [0.5, 0.6) is 5.75 Å². The summed E-state index contributed by atoms with van der Waals surface area (Å²) in [5, 5.41) is 15.6. The molecule has 2 aliphatic heterocycles. The van der Waals surface area contributed by atoms with Crippen LogP contribution in [-0.4, -0.2) is 83.1 Å². The van der Waals surface area contributed by atoms with Gasteiger partial charge in [-0.25, -0.2) is 16.8 Å². The summed E-state index contributed by atoms with van der Waals surface area (Å²) < 4.78 is 63.1. The number of nitrogens with one attached hydrogen (secondary N) is 1. The minimum absolute atomic E-state index is 0.0531. The first kappa shape index (κ1) is 28.0. The van der Waals surface area contributed by atoms with E-state index in [9.17, 15) is 21.9 Å². The SMILES string of the molecule is CS(=O)(=O)c1ccc(OC[C@@H](O)CNC2COC3(CCN(S(=O)(=O)c4ccc5ccccc5c4)CC3)C2)cc1. The first-order chi connectivity index (χ1) is 18.5. The molecule has 0 amide bonds. The Balaban J connectivity index is 1.08. The number of ether oxygens (including phenoxy) is 2. The zero-order valence-corrected chi connectivity index (χ0v) is 23.5. The molecule has 1 unspecified atom stereocenters. The highest BCUT2D eigenvalue weighted by atomic mass is 32.2. The van der Waals surface area contributed by atoms with Gasteiger partial charge in [-0.05, 0) is 66.4 Å². The second-order valence-corrected chi connectivity index (χ2v) is 14.4. The number of aliphatic hydroxyl groups excluding tert-OH is 1. The average molecular weight is 575 g/mol. The third-order valence-corrected chi connectivity index (χ3v) is 10.6. The fourth-order valence-electron chi connectivity index (χ4n) is 5.27. The molecule has 11 heteroatoms. The van der Waals surface area contributed by atoms with E-state index in [4.69, 9.17) is 9.47 Å². The van der Waals surface area contributed by atoms with E-state index in [0.717, 1.165) is 23.4 Å². The second kappa shape index (κ2) is 11.1. The summed E-state index contributed by atoms with van der Waals surface area (Å²) in [6, 6.07) is 19.1. The summed E-state index contributed by atoms with van der Waals surface area (Å²) in [5.74, 6) is 0.481. The molecule has 2 saturated heterocycles. The molecule has 2 aliphatic rings. The molecular formula is C28H34N2O7S2. The lowest BCUT2D eigenvalue weighted by atomic mass is 9.88. The van der Waals surface area contributed by atoms with Gasteiger partial charge in [-0.2, -0.15) is 4.31 Å². The molecule has 39 heavy (non-hydrogen) atoms. The van der Waals surface area contributed by atoms with Gasteiger partial charge in [-0.3, -0.25) is 0 Å². The summed E-state index contributed by atoms with van der Waals surface area (Å²) >= 11 is 0. The number of rotatable bonds is 9. The summed E-state index contributed by atoms with van der Waals surface area (Å²) in [4.78, 5) is 0.524. The van der Waals surface area contributed by atoms with Gasteiger partial charge >= 0.3 is 0 Å². The predicted octanol–water partition coefficient (Wildman–Crippen LogP) is 2.59. The molecule has 2 fully saturated rings. The maximum absolute atomic E-state index is 13.3. The Bertz CT molecular complexity index is 1520. The van der Waals surface area contributed by atoms with E-state index < -0.39 is 26.0 Å². The van der Waals surface area contributed by atoms with Crippen LogP contribution in [0.1, 0.15) is 19.3 Å². The smallest absolute Gasteiger partial charge is 0.243 e. The highest BCUT2D eigenvalue weighted by molar-refractivity contribution is 7.90. The monoisotopic (exact) mass is 574 g/mol. The van der Waals surface area contributed by atoms with Gasteiger partial charge < -0.3 is 19.9 Å². The quantitative estimate of drug-likeness (QED) is 0.400. The minimum atomic E-state index is -3.59. The molecule has 5 rings (SSSR count). The molecule has 0 radical (unpaired) electrons. The first-order valence-electron chi connectivity index (χ1n) is 13.0. The van der Waals surface area contributed by atoms with Crippen LogP contribution in [0.4, 0.5) is 0 Å². The second-order valence-electron chi connectivity index (χ2n) is 10.4. The lowest BCUT2D eigenvalue weighted by molar-refractivity contribution is -0.0312. The van der Waals surface area contributed by atoms with Crippen molar-refractivity contribution in [3.8, 4) is 5.75 Å². The number of hydrogen-bond donors (Lipinski definition) is 2. The highest BCUT2D eigenvalue weighted by Gasteiger charge is 2.44. The van der Waals surface area contributed by atoms with Gasteiger partial charge in [0, 0.05) is 31.9 Å². The Morgan fingerprint density at radius 3 is 2.36 bits per heavy atom. The molecule has 0 aliphatic carbocycles. The maximum atomic E-state index is 13.3. The van der Waals surface area contributed by atoms with E-state index in [1.165, 1.54) is 12.1 Å². The van der Waals surface area contributed by atoms with Crippen LogP contribution >= 0.6 is 0 Å². The van der Waals surface area contributed by atoms with Gasteiger partial charge in [-0.15, -0.1) is 0 Å². The lowest BCUT2D eigenvalue weighted by Gasteiger charge is -2.38. The van der Waals surface area contributed by atoms with Crippen LogP contribution in [0.3, 0.4) is 0 Å². The summed E-state index contributed by atoms with van der Waals surface area (Å²) in [5.41, 5.74) is -0.365. The minimum Gasteiger partial charge on any atom is -0.491 e. The number of sulfonamides is 1. The maximum Gasteiger partial charge on any atom is 0.243 e. The van der Waals surface area contributed by atoms with Crippen LogP contribution in [0.2, 0.25) is 0 Å². The zero-order valence-electron chi connectivity index (χ0n) is 21.8. The number of benzene rings is 3. The van der Waals surface area contributed by atoms with Crippen LogP contribution in [0.25, 0.3) is 10.8 Å². The molecule has 2 N–H and O–H groups in total. The molecule has 2 atom stereocenters. The average Bonchev–Trinajstić information content (AvgIpc) is 3.32. The predicted molar refractivity (Wildman–Crippen MR) is 148 cm³/mol. The normalized spacial score (nSPS) is 20.8. The van der Waals surface area contributed by atoms with E-state index in [-0.39, 0.29) is 23.1 Å². The van der Waals surface area contributed by atoms with Crippen molar-refractivity contribution >= 4 is 30.6 Å². The zero-order chi connectivity index (χ0) is 27.7. The summed E-state index contributed by atoms with van der Waals surface area (Å²) in [7, 11) is -6.86. The van der Waals surface area contributed by atoms with Crippen molar-refractivity contribution in [2.24, 2.45) is 0 Å². The fourth-order valence-corrected chi connectivity index (χ4v) is 7.38. The molecule has 0 bridgehead atoms. The van der Waals surface area contributed by atoms with E-state index in [1.807, 2.05) is 30.3 Å². The number of fused-ring (bicyclic) bond motifs is 1. The van der Waals surface area contributed by atoms with Gasteiger partial charge in [0.1, 0.15) is 18.5 Å². The van der Waals surface area contributed by atoms with Crippen molar-refractivity contribution in [3.05, 3.63) is 66.7 Å². The van der Waals surface area contributed by atoms with Crippen LogP contribution in [0, 0.1) is 0 Å². The Morgan fingerprint density at radius 2 is 1.67 bits per heavy atom. The topological polar surface area (TPSA) is 122 Å². The molecule has 9 nitrogen and oxygen atoms in total. The summed E-state index contributed by atoms with van der Waals surface area (Å²) in [6.07, 6.45) is 2.37. The number of hydrogen-bond acceptors (Lipinski definition) is 8. The Kier molecular flexibility index (Phi) is 8.01. The third kappa shape index (κ3) is 6.45. The highest BCUT2D eigenvalue weighted by Crippen LogP contribution is 2.37. The lowest BCUT2D eigenvalue weighted by Crippen LogP contribution is -2.47. The Morgan fingerprint density at radius 1 is 1.00 bits per heavy atom. The molecule has 210 valence electrons. The molecule has 3 aromatic rings. The van der Waals surface area contributed by atoms with E-state index in [1.54, 1.807) is 28.6 Å². The molecular weight excluding hydrogens is 540 g/mol. The van der Waals surface area contributed by atoms with Crippen molar-refractivity contribution < 1.29 is 31.4 Å². The number of nitrogens with zero attached hydrogens (tertiary/aromatic N) is 1. The van der Waals surface area contributed by atoms with Gasteiger partial charge in [0.25, 0.3) is 0 Å². The Labute approximate surface area is 229 Å². The van der Waals surface area contributed by atoms with Crippen LogP contribution < -0.4 is 10.1 Å².